The van der Waals surface area contributed by atoms with Crippen LogP contribution >= 0.6 is 23.4 Å². The molecule has 7 heteroatoms. The molecule has 2 atom stereocenters. The predicted octanol–water partition coefficient (Wildman–Crippen LogP) is 4.86. The summed E-state index contributed by atoms with van der Waals surface area (Å²) in [6.45, 7) is 3.68. The third-order valence-corrected chi connectivity index (χ3v) is 6.27. The van der Waals surface area contributed by atoms with Crippen molar-refractivity contribution >= 4 is 29.3 Å². The fraction of sp³-hybridized carbons (Fsp3) is 0.391. The number of hydrogen-bond donors (Lipinski definition) is 0. The van der Waals surface area contributed by atoms with E-state index >= 15 is 0 Å². The maximum Gasteiger partial charge on any atom is 0.147 e. The molecule has 0 aromatic heterocycles. The van der Waals surface area contributed by atoms with Crippen LogP contribution in [0.2, 0.25) is 5.02 Å². The molecule has 0 aliphatic carbocycles. The Morgan fingerprint density at radius 2 is 1.90 bits per heavy atom. The van der Waals surface area contributed by atoms with Crippen LogP contribution in [0.4, 0.5) is 4.39 Å². The average Bonchev–Trinajstić information content (AvgIpc) is 2.75. The highest BCUT2D eigenvalue weighted by Gasteiger charge is 2.36. The third-order valence-electron chi connectivity index (χ3n) is 5.38. The molecule has 0 bridgehead atoms. The first-order chi connectivity index (χ1) is 14.5. The largest absolute Gasteiger partial charge is 0.478 e. The molecule has 1 aliphatic heterocycles. The van der Waals surface area contributed by atoms with E-state index in [1.165, 1.54) is 12.1 Å². The topological polar surface area (TPSA) is 32.8 Å². The van der Waals surface area contributed by atoms with Gasteiger partial charge in [0.15, 0.2) is 0 Å². The summed E-state index contributed by atoms with van der Waals surface area (Å²) in [7, 11) is 0. The van der Waals surface area contributed by atoms with E-state index in [1.54, 1.807) is 36.0 Å². The molecule has 0 saturated carbocycles. The van der Waals surface area contributed by atoms with Gasteiger partial charge in [-0.25, -0.2) is 9.18 Å². The molecule has 2 aromatic carbocycles. The molecule has 1 fully saturated rings. The van der Waals surface area contributed by atoms with Gasteiger partial charge in [0.2, 0.25) is 0 Å². The number of halogens is 2. The lowest BCUT2D eigenvalue weighted by atomic mass is 10.0. The van der Waals surface area contributed by atoms with Crippen LogP contribution in [-0.2, 0) is 11.3 Å². The summed E-state index contributed by atoms with van der Waals surface area (Å²) in [6, 6.07) is 13.7. The molecular formula is C23H26ClFN2O2S. The highest BCUT2D eigenvalue weighted by atomic mass is 35.5. The van der Waals surface area contributed by atoms with Gasteiger partial charge in [-0.15, -0.1) is 0 Å². The number of nitrogens with zero attached hydrogens (tertiary/aromatic N) is 2. The van der Waals surface area contributed by atoms with Gasteiger partial charge < -0.3 is 9.64 Å². The summed E-state index contributed by atoms with van der Waals surface area (Å²) in [4.78, 5) is 16.2. The monoisotopic (exact) mass is 448 g/mol. The predicted molar refractivity (Wildman–Crippen MR) is 121 cm³/mol. The molecule has 1 aliphatic rings. The Kier molecular flexibility index (Phi) is 8.23. The zero-order valence-electron chi connectivity index (χ0n) is 17.2. The van der Waals surface area contributed by atoms with E-state index in [9.17, 15) is 9.18 Å². The first kappa shape index (κ1) is 22.7. The highest BCUT2D eigenvalue weighted by molar-refractivity contribution is 7.98. The summed E-state index contributed by atoms with van der Waals surface area (Å²) >= 11 is 7.72. The molecule has 0 amide bonds. The second-order valence-corrected chi connectivity index (χ2v) is 8.77. The van der Waals surface area contributed by atoms with Crippen LogP contribution in [0, 0.1) is 5.82 Å². The van der Waals surface area contributed by atoms with Crippen LogP contribution in [0.25, 0.3) is 0 Å². The third kappa shape index (κ3) is 5.79. The quantitative estimate of drug-likeness (QED) is 0.538. The summed E-state index contributed by atoms with van der Waals surface area (Å²) in [5.41, 5.74) is 1.58. The van der Waals surface area contributed by atoms with Gasteiger partial charge in [-0.05, 0) is 67.3 Å². The summed E-state index contributed by atoms with van der Waals surface area (Å²) in [5.74, 6) is 3.63. The Labute approximate surface area is 186 Å². The van der Waals surface area contributed by atoms with E-state index in [-0.39, 0.29) is 17.9 Å². The smallest absolute Gasteiger partial charge is 0.147 e. The van der Waals surface area contributed by atoms with E-state index in [4.69, 9.17) is 16.3 Å². The van der Waals surface area contributed by atoms with Crippen LogP contribution in [0.15, 0.2) is 54.2 Å². The Hall–Kier alpha value is -1.98. The van der Waals surface area contributed by atoms with Gasteiger partial charge in [0.25, 0.3) is 0 Å². The zero-order chi connectivity index (χ0) is 21.5. The van der Waals surface area contributed by atoms with Crippen molar-refractivity contribution in [2.45, 2.75) is 32.0 Å². The van der Waals surface area contributed by atoms with E-state index < -0.39 is 0 Å². The molecule has 2 unspecified atom stereocenters. The van der Waals surface area contributed by atoms with E-state index in [1.807, 2.05) is 19.1 Å². The minimum absolute atomic E-state index is 0.138. The first-order valence-corrected chi connectivity index (χ1v) is 11.7. The molecular weight excluding hydrogens is 423 g/mol. The molecule has 30 heavy (non-hydrogen) atoms. The normalized spacial score (nSPS) is 19.6. The average molecular weight is 449 g/mol. The Balaban J connectivity index is 1.76. The lowest BCUT2D eigenvalue weighted by molar-refractivity contribution is 0.0225. The van der Waals surface area contributed by atoms with Crippen LogP contribution in [0.1, 0.15) is 18.9 Å². The van der Waals surface area contributed by atoms with Crippen molar-refractivity contribution in [2.24, 2.45) is 0 Å². The van der Waals surface area contributed by atoms with Crippen LogP contribution < -0.4 is 4.74 Å². The number of benzene rings is 2. The van der Waals surface area contributed by atoms with Crippen molar-refractivity contribution in [2.75, 3.05) is 25.3 Å². The van der Waals surface area contributed by atoms with Crippen LogP contribution in [-0.4, -0.2) is 53.1 Å². The SMILES string of the molecule is CSCCC1CN(COc2ccc(Cl)cc2)C(C)C(=C=O)N1Cc1ccc(F)cc1. The summed E-state index contributed by atoms with van der Waals surface area (Å²) in [5, 5.41) is 0.661. The van der Waals surface area contributed by atoms with Crippen LogP contribution in [0.3, 0.4) is 0 Å². The van der Waals surface area contributed by atoms with E-state index in [0.29, 0.717) is 24.0 Å². The molecule has 3 rings (SSSR count). The molecule has 1 saturated heterocycles. The van der Waals surface area contributed by atoms with E-state index in [2.05, 4.69) is 22.0 Å². The van der Waals surface area contributed by atoms with Crippen molar-refractivity contribution in [3.8, 4) is 5.75 Å². The molecule has 2 aromatic rings. The Morgan fingerprint density at radius 3 is 2.53 bits per heavy atom. The minimum Gasteiger partial charge on any atom is -0.478 e. The number of hydrogen-bond acceptors (Lipinski definition) is 5. The summed E-state index contributed by atoms with van der Waals surface area (Å²) < 4.78 is 19.2. The number of ether oxygens (including phenoxy) is 1. The number of thioether (sulfide) groups is 1. The van der Waals surface area contributed by atoms with Crippen molar-refractivity contribution in [1.29, 1.82) is 0 Å². The second kappa shape index (κ2) is 10.9. The van der Waals surface area contributed by atoms with Crippen molar-refractivity contribution < 1.29 is 13.9 Å². The van der Waals surface area contributed by atoms with Crippen molar-refractivity contribution in [3.63, 3.8) is 0 Å². The molecule has 160 valence electrons. The zero-order valence-corrected chi connectivity index (χ0v) is 18.8. The molecule has 0 radical (unpaired) electrons. The maximum atomic E-state index is 13.3. The van der Waals surface area contributed by atoms with Gasteiger partial charge >= 0.3 is 0 Å². The number of piperazine rings is 1. The fourth-order valence-electron chi connectivity index (χ4n) is 3.64. The van der Waals surface area contributed by atoms with Gasteiger partial charge in [-0.2, -0.15) is 11.8 Å². The van der Waals surface area contributed by atoms with Gasteiger partial charge in [0.1, 0.15) is 29.9 Å². The molecule has 0 N–H and O–H groups in total. The molecule has 0 spiro atoms. The van der Waals surface area contributed by atoms with Gasteiger partial charge in [-0.3, -0.25) is 4.90 Å². The number of rotatable bonds is 8. The van der Waals surface area contributed by atoms with Crippen molar-refractivity contribution in [1.82, 2.24) is 9.80 Å². The van der Waals surface area contributed by atoms with Gasteiger partial charge in [-0.1, -0.05) is 23.7 Å². The first-order valence-electron chi connectivity index (χ1n) is 9.89. The highest BCUT2D eigenvalue weighted by Crippen LogP contribution is 2.28. The number of carbonyl (C=O) groups excluding carboxylic acids is 1. The second-order valence-electron chi connectivity index (χ2n) is 7.35. The van der Waals surface area contributed by atoms with Gasteiger partial charge in [0, 0.05) is 24.2 Å². The minimum atomic E-state index is -0.263. The molecule has 4 nitrogen and oxygen atoms in total. The van der Waals surface area contributed by atoms with Gasteiger partial charge in [0.05, 0.1) is 6.04 Å². The van der Waals surface area contributed by atoms with Crippen molar-refractivity contribution in [3.05, 3.63) is 70.6 Å². The standard InChI is InChI=1S/C23H26ClFN2O2S/c1-17-23(15-28)27(13-18-3-7-20(25)8-4-18)21(11-12-30-2)14-26(17)16-29-22-9-5-19(24)6-10-22/h3-10,17,21H,11-14,16H2,1-2H3. The van der Waals surface area contributed by atoms with Crippen LogP contribution in [0.5, 0.6) is 5.75 Å². The Morgan fingerprint density at radius 1 is 1.20 bits per heavy atom. The maximum absolute atomic E-state index is 13.3. The lowest BCUT2D eigenvalue weighted by Gasteiger charge is -2.46. The fourth-order valence-corrected chi connectivity index (χ4v) is 4.27. The summed E-state index contributed by atoms with van der Waals surface area (Å²) in [6.07, 6.45) is 3.01. The molecule has 1 heterocycles. The Bertz CT molecular complexity index is 872. The lowest BCUT2D eigenvalue weighted by Crippen LogP contribution is -2.56. The van der Waals surface area contributed by atoms with E-state index in [0.717, 1.165) is 30.0 Å².